The summed E-state index contributed by atoms with van der Waals surface area (Å²) in [5.74, 6) is 0.0468. The van der Waals surface area contributed by atoms with Crippen LogP contribution in [0.15, 0.2) is 0 Å². The topological polar surface area (TPSA) is 49.1 Å². The number of ether oxygens (including phenoxy) is 3. The first-order valence-corrected chi connectivity index (χ1v) is 6.68. The van der Waals surface area contributed by atoms with Gasteiger partial charge in [-0.25, -0.2) is 0 Å². The molecule has 2 fully saturated rings. The molecular formula is C8H11BrIO4+. The van der Waals surface area contributed by atoms with Gasteiger partial charge in [-0.15, -0.1) is 0 Å². The molecule has 0 radical (unpaired) electrons. The van der Waals surface area contributed by atoms with Crippen molar-refractivity contribution in [3.63, 3.8) is 0 Å². The highest BCUT2D eigenvalue weighted by molar-refractivity contribution is 14.1. The van der Waals surface area contributed by atoms with E-state index in [0.29, 0.717) is 17.6 Å². The SMILES string of the molecule is [OH+]=C(CI)O[C@H]1CO[C@H]2OCC[C@]21Br. The molecule has 80 valence electrons. The Morgan fingerprint density at radius 3 is 3.14 bits per heavy atom. The number of rotatable bonds is 2. The number of carbonyl (C=O) groups excluding carboxylic acids is 1. The lowest BCUT2D eigenvalue weighted by atomic mass is 10.0. The Morgan fingerprint density at radius 1 is 1.64 bits per heavy atom. The molecule has 2 saturated heterocycles. The minimum atomic E-state index is -0.285. The summed E-state index contributed by atoms with van der Waals surface area (Å²) in [6, 6.07) is 0. The zero-order valence-corrected chi connectivity index (χ0v) is 11.2. The molecule has 0 aromatic carbocycles. The summed E-state index contributed by atoms with van der Waals surface area (Å²) in [7, 11) is 0. The molecule has 0 amide bonds. The molecule has 3 atom stereocenters. The highest BCUT2D eigenvalue weighted by atomic mass is 127. The van der Waals surface area contributed by atoms with Gasteiger partial charge in [-0.1, -0.05) is 38.5 Å². The molecule has 0 aromatic rings. The molecule has 2 aliphatic heterocycles. The zero-order valence-electron chi connectivity index (χ0n) is 7.41. The van der Waals surface area contributed by atoms with Gasteiger partial charge in [0.05, 0.1) is 6.61 Å². The van der Waals surface area contributed by atoms with Gasteiger partial charge < -0.3 is 19.0 Å². The molecule has 4 nitrogen and oxygen atoms in total. The Bertz CT molecular complexity index is 249. The number of halogens is 2. The minimum Gasteiger partial charge on any atom is -0.351 e. The third-order valence-corrected chi connectivity index (χ3v) is 4.41. The van der Waals surface area contributed by atoms with Crippen LogP contribution in [0.4, 0.5) is 0 Å². The van der Waals surface area contributed by atoms with Crippen molar-refractivity contribution in [3.8, 4) is 0 Å². The van der Waals surface area contributed by atoms with Gasteiger partial charge in [0, 0.05) is 0 Å². The van der Waals surface area contributed by atoms with Crippen molar-refractivity contribution in [1.82, 2.24) is 0 Å². The van der Waals surface area contributed by atoms with Crippen LogP contribution >= 0.6 is 38.5 Å². The number of esters is 1. The number of alkyl halides is 2. The monoisotopic (exact) mass is 377 g/mol. The maximum atomic E-state index is 9.32. The van der Waals surface area contributed by atoms with Crippen LogP contribution in [0.1, 0.15) is 6.42 Å². The molecular weight excluding hydrogens is 367 g/mol. The molecule has 2 rings (SSSR count). The largest absolute Gasteiger partial charge is 0.493 e. The van der Waals surface area contributed by atoms with E-state index in [9.17, 15) is 4.79 Å². The predicted octanol–water partition coefficient (Wildman–Crippen LogP) is 1.22. The van der Waals surface area contributed by atoms with Crippen LogP contribution in [0.3, 0.4) is 0 Å². The van der Waals surface area contributed by atoms with E-state index in [2.05, 4.69) is 15.9 Å². The normalized spacial score (nSPS) is 41.0. The fourth-order valence-corrected chi connectivity index (χ4v) is 2.55. The number of fused-ring (bicyclic) bond motifs is 1. The lowest BCUT2D eigenvalue weighted by Crippen LogP contribution is -2.40. The highest BCUT2D eigenvalue weighted by Crippen LogP contribution is 2.44. The summed E-state index contributed by atoms with van der Waals surface area (Å²) in [6.45, 7) is 1.12. The van der Waals surface area contributed by atoms with Crippen LogP contribution < -0.4 is 0 Å². The summed E-state index contributed by atoms with van der Waals surface area (Å²) in [4.78, 5) is 9.32. The summed E-state index contributed by atoms with van der Waals surface area (Å²) < 4.78 is 16.4. The smallest absolute Gasteiger partial charge is 0.351 e. The molecule has 2 aliphatic rings. The summed E-state index contributed by atoms with van der Waals surface area (Å²) >= 11 is 5.64. The maximum Gasteiger partial charge on any atom is 0.493 e. The van der Waals surface area contributed by atoms with E-state index < -0.39 is 0 Å². The van der Waals surface area contributed by atoms with Gasteiger partial charge in [-0.3, -0.25) is 0 Å². The third-order valence-electron chi connectivity index (χ3n) is 2.47. The van der Waals surface area contributed by atoms with Gasteiger partial charge >= 0.3 is 5.97 Å². The van der Waals surface area contributed by atoms with Crippen molar-refractivity contribution in [2.45, 2.75) is 23.1 Å². The van der Waals surface area contributed by atoms with E-state index in [1.165, 1.54) is 0 Å². The van der Waals surface area contributed by atoms with Crippen molar-refractivity contribution in [3.05, 3.63) is 0 Å². The molecule has 0 aliphatic carbocycles. The first-order valence-electron chi connectivity index (χ1n) is 4.36. The van der Waals surface area contributed by atoms with Gasteiger partial charge in [0.15, 0.2) is 10.7 Å². The second-order valence-electron chi connectivity index (χ2n) is 3.35. The quantitative estimate of drug-likeness (QED) is 0.314. The van der Waals surface area contributed by atoms with Crippen molar-refractivity contribution in [2.75, 3.05) is 17.6 Å². The van der Waals surface area contributed by atoms with Gasteiger partial charge in [-0.05, 0) is 6.42 Å². The summed E-state index contributed by atoms with van der Waals surface area (Å²) in [5, 5.41) is 0. The van der Waals surface area contributed by atoms with Crippen LogP contribution in [0.5, 0.6) is 0 Å². The molecule has 0 bridgehead atoms. The first kappa shape index (κ1) is 11.1. The third kappa shape index (κ3) is 1.81. The molecule has 0 aromatic heterocycles. The first-order chi connectivity index (χ1) is 6.66. The Labute approximate surface area is 104 Å². The minimum absolute atomic E-state index is 0.0468. The molecule has 1 N–H and O–H groups in total. The van der Waals surface area contributed by atoms with E-state index in [4.69, 9.17) is 14.2 Å². The Kier molecular flexibility index (Phi) is 3.35. The van der Waals surface area contributed by atoms with E-state index in [1.54, 1.807) is 0 Å². The molecule has 0 saturated carbocycles. The number of hydrogen-bond donors (Lipinski definition) is 0. The lowest BCUT2D eigenvalue weighted by molar-refractivity contribution is -0.0860. The summed E-state index contributed by atoms with van der Waals surface area (Å²) in [5.41, 5.74) is 0. The van der Waals surface area contributed by atoms with E-state index >= 15 is 0 Å². The molecule has 6 heteroatoms. The van der Waals surface area contributed by atoms with E-state index in [-0.39, 0.29) is 22.7 Å². The van der Waals surface area contributed by atoms with Crippen LogP contribution in [0.25, 0.3) is 0 Å². The van der Waals surface area contributed by atoms with Crippen molar-refractivity contribution < 1.29 is 19.0 Å². The van der Waals surface area contributed by atoms with Gasteiger partial charge in [0.1, 0.15) is 10.9 Å². The molecule has 0 unspecified atom stereocenters. The average Bonchev–Trinajstić information content (AvgIpc) is 2.65. The Balaban J connectivity index is 2.03. The fourth-order valence-electron chi connectivity index (χ4n) is 1.72. The second-order valence-corrected chi connectivity index (χ2v) is 5.59. The van der Waals surface area contributed by atoms with E-state index in [1.807, 2.05) is 22.6 Å². The van der Waals surface area contributed by atoms with Crippen molar-refractivity contribution in [2.24, 2.45) is 0 Å². The second kappa shape index (κ2) is 4.23. The maximum absolute atomic E-state index is 9.32. The Hall–Kier alpha value is 0.600. The summed E-state index contributed by atoms with van der Waals surface area (Å²) in [6.07, 6.45) is 0.441. The molecule has 0 spiro atoms. The van der Waals surface area contributed by atoms with Crippen LogP contribution in [-0.2, 0) is 14.2 Å². The fraction of sp³-hybridized carbons (Fsp3) is 0.875. The van der Waals surface area contributed by atoms with Gasteiger partial charge in [-0.2, -0.15) is 0 Å². The van der Waals surface area contributed by atoms with Crippen LogP contribution in [0.2, 0.25) is 0 Å². The van der Waals surface area contributed by atoms with Crippen LogP contribution in [0, 0.1) is 0 Å². The highest BCUT2D eigenvalue weighted by Gasteiger charge is 2.59. The Morgan fingerprint density at radius 2 is 2.43 bits per heavy atom. The van der Waals surface area contributed by atoms with Crippen LogP contribution in [-0.4, -0.2) is 45.1 Å². The lowest BCUT2D eigenvalue weighted by Gasteiger charge is -2.19. The van der Waals surface area contributed by atoms with E-state index in [0.717, 1.165) is 6.42 Å². The van der Waals surface area contributed by atoms with Crippen molar-refractivity contribution >= 4 is 44.5 Å². The standard InChI is InChI=1S/C8H10BrIO4/c9-8-1-2-12-7(8)13-4-5(8)14-6(11)3-10/h5,7H,1-4H2/p+1/t5-,7+,8+/m0/s1. The number of hydrogen-bond acceptors (Lipinski definition) is 3. The molecule has 14 heavy (non-hydrogen) atoms. The van der Waals surface area contributed by atoms with Gasteiger partial charge in [0.25, 0.3) is 0 Å². The molecule has 2 heterocycles. The predicted molar refractivity (Wildman–Crippen MR) is 62.7 cm³/mol. The van der Waals surface area contributed by atoms with Gasteiger partial charge in [0.2, 0.25) is 6.10 Å². The van der Waals surface area contributed by atoms with Crippen molar-refractivity contribution in [1.29, 1.82) is 0 Å². The average molecular weight is 378 g/mol. The zero-order chi connectivity index (χ0) is 10.2.